The topological polar surface area (TPSA) is 100 Å². The fourth-order valence-corrected chi connectivity index (χ4v) is 1.43. The molecule has 1 rings (SSSR count). The van der Waals surface area contributed by atoms with Crippen LogP contribution in [-0.4, -0.2) is 25.0 Å². The molecule has 0 aliphatic heterocycles. The van der Waals surface area contributed by atoms with E-state index >= 15 is 0 Å². The smallest absolute Gasteiger partial charge is 0.319 e. The average molecular weight is 250 g/mol. The predicted octanol–water partition coefficient (Wildman–Crippen LogP) is 1.53. The Balaban J connectivity index is 2.61. The Kier molecular flexibility index (Phi) is 4.98. The summed E-state index contributed by atoms with van der Waals surface area (Å²) in [5.41, 5.74) is 5.97. The molecule has 1 aromatic rings. The van der Waals surface area contributed by atoms with Crippen molar-refractivity contribution in [1.82, 2.24) is 5.32 Å². The van der Waals surface area contributed by atoms with Crippen molar-refractivity contribution in [3.05, 3.63) is 24.3 Å². The summed E-state index contributed by atoms with van der Waals surface area (Å²) >= 11 is 0. The minimum Gasteiger partial charge on any atom is -0.497 e. The Hall–Kier alpha value is -2.24. The van der Waals surface area contributed by atoms with Gasteiger partial charge >= 0.3 is 6.03 Å². The number of anilines is 1. The molecule has 5 N–H and O–H groups in total. The second-order valence-corrected chi connectivity index (χ2v) is 3.75. The van der Waals surface area contributed by atoms with Crippen LogP contribution in [0.5, 0.6) is 5.75 Å². The molecule has 2 amide bonds. The maximum atomic E-state index is 11.7. The minimum atomic E-state index is -0.449. The van der Waals surface area contributed by atoms with Gasteiger partial charge < -0.3 is 21.1 Å². The number of carbonyl (C=O) groups excluding carboxylic acids is 1. The van der Waals surface area contributed by atoms with Gasteiger partial charge in [-0.25, -0.2) is 4.79 Å². The maximum Gasteiger partial charge on any atom is 0.319 e. The lowest BCUT2D eigenvalue weighted by Crippen LogP contribution is -2.45. The average Bonchev–Trinajstić information content (AvgIpc) is 2.35. The third-order valence-corrected chi connectivity index (χ3v) is 2.42. The molecule has 0 fully saturated rings. The third-order valence-electron chi connectivity index (χ3n) is 2.42. The molecule has 0 aromatic heterocycles. The summed E-state index contributed by atoms with van der Waals surface area (Å²) in [7, 11) is 1.56. The van der Waals surface area contributed by atoms with E-state index in [1.54, 1.807) is 31.4 Å². The lowest BCUT2D eigenvalue weighted by atomic mass is 10.2. The normalized spacial score (nSPS) is 11.4. The predicted molar refractivity (Wildman–Crippen MR) is 71.1 cm³/mol. The molecule has 0 bridgehead atoms. The van der Waals surface area contributed by atoms with Gasteiger partial charge in [0.2, 0.25) is 0 Å². The van der Waals surface area contributed by atoms with Crippen LogP contribution >= 0.6 is 0 Å². The van der Waals surface area contributed by atoms with Crippen LogP contribution in [-0.2, 0) is 0 Å². The van der Waals surface area contributed by atoms with Crippen molar-refractivity contribution < 1.29 is 9.53 Å². The van der Waals surface area contributed by atoms with Gasteiger partial charge in [0.15, 0.2) is 0 Å². The highest BCUT2D eigenvalue weighted by Crippen LogP contribution is 2.16. The first-order chi connectivity index (χ1) is 8.56. The van der Waals surface area contributed by atoms with E-state index in [9.17, 15) is 4.79 Å². The molecule has 0 saturated carbocycles. The van der Waals surface area contributed by atoms with Gasteiger partial charge in [-0.15, -0.1) is 0 Å². The molecule has 0 aliphatic rings. The molecule has 0 aliphatic carbocycles. The molecule has 0 saturated heterocycles. The van der Waals surface area contributed by atoms with Gasteiger partial charge in [0.05, 0.1) is 13.2 Å². The fourth-order valence-electron chi connectivity index (χ4n) is 1.43. The summed E-state index contributed by atoms with van der Waals surface area (Å²) < 4.78 is 5.05. The van der Waals surface area contributed by atoms with Gasteiger partial charge in [-0.2, -0.15) is 0 Å². The summed E-state index contributed by atoms with van der Waals surface area (Å²) in [5.74, 6) is 0.602. The summed E-state index contributed by atoms with van der Waals surface area (Å²) in [5, 5.41) is 12.6. The van der Waals surface area contributed by atoms with E-state index in [0.717, 1.165) is 0 Å². The molecule has 6 nitrogen and oxygen atoms in total. The highest BCUT2D eigenvalue weighted by molar-refractivity contribution is 5.94. The lowest BCUT2D eigenvalue weighted by molar-refractivity contribution is 0.250. The lowest BCUT2D eigenvalue weighted by Gasteiger charge is -2.16. The molecule has 98 valence electrons. The summed E-state index contributed by atoms with van der Waals surface area (Å²) in [6, 6.07) is 6.16. The van der Waals surface area contributed by atoms with Crippen LogP contribution in [0, 0.1) is 5.41 Å². The van der Waals surface area contributed by atoms with Crippen molar-refractivity contribution in [3.63, 3.8) is 0 Å². The molecule has 0 radical (unpaired) electrons. The highest BCUT2D eigenvalue weighted by Gasteiger charge is 2.12. The third kappa shape index (κ3) is 3.97. The highest BCUT2D eigenvalue weighted by atomic mass is 16.5. The Morgan fingerprint density at radius 1 is 1.56 bits per heavy atom. The van der Waals surface area contributed by atoms with Crippen molar-refractivity contribution in [2.45, 2.75) is 19.4 Å². The number of amidine groups is 1. The molecule has 0 heterocycles. The van der Waals surface area contributed by atoms with E-state index in [-0.39, 0.29) is 5.84 Å². The molecule has 6 heteroatoms. The second-order valence-electron chi connectivity index (χ2n) is 3.75. The van der Waals surface area contributed by atoms with E-state index in [2.05, 4.69) is 10.6 Å². The first kappa shape index (κ1) is 13.8. The Morgan fingerprint density at radius 3 is 2.83 bits per heavy atom. The van der Waals surface area contributed by atoms with Crippen LogP contribution in [0.1, 0.15) is 13.3 Å². The van der Waals surface area contributed by atoms with Crippen LogP contribution in [0.2, 0.25) is 0 Å². The van der Waals surface area contributed by atoms with Crippen molar-refractivity contribution in [2.24, 2.45) is 5.73 Å². The van der Waals surface area contributed by atoms with Gasteiger partial charge in [-0.05, 0) is 18.6 Å². The van der Waals surface area contributed by atoms with Crippen LogP contribution in [0.15, 0.2) is 24.3 Å². The summed E-state index contributed by atoms with van der Waals surface area (Å²) in [6.07, 6.45) is 0.570. The number of hydrogen-bond acceptors (Lipinski definition) is 3. The van der Waals surface area contributed by atoms with Crippen molar-refractivity contribution in [3.8, 4) is 5.75 Å². The summed E-state index contributed by atoms with van der Waals surface area (Å²) in [6.45, 7) is 1.85. The van der Waals surface area contributed by atoms with E-state index < -0.39 is 12.1 Å². The quantitative estimate of drug-likeness (QED) is 0.471. The Labute approximate surface area is 106 Å². The zero-order valence-corrected chi connectivity index (χ0v) is 10.5. The number of carbonyl (C=O) groups is 1. The Bertz CT molecular complexity index is 434. The second kappa shape index (κ2) is 6.48. The fraction of sp³-hybridized carbons (Fsp3) is 0.333. The number of nitrogens with one attached hydrogen (secondary N) is 3. The van der Waals surface area contributed by atoms with E-state index in [1.807, 2.05) is 6.92 Å². The largest absolute Gasteiger partial charge is 0.497 e. The molecule has 1 atom stereocenters. The van der Waals surface area contributed by atoms with E-state index in [1.165, 1.54) is 0 Å². The number of urea groups is 1. The van der Waals surface area contributed by atoms with Crippen LogP contribution < -0.4 is 21.1 Å². The minimum absolute atomic E-state index is 0.0571. The molecule has 18 heavy (non-hydrogen) atoms. The van der Waals surface area contributed by atoms with Crippen molar-refractivity contribution in [1.29, 1.82) is 5.41 Å². The number of hydrogen-bond donors (Lipinski definition) is 4. The van der Waals surface area contributed by atoms with Gasteiger partial charge in [0.25, 0.3) is 0 Å². The van der Waals surface area contributed by atoms with Crippen molar-refractivity contribution >= 4 is 17.6 Å². The monoisotopic (exact) mass is 250 g/mol. The number of ether oxygens (including phenoxy) is 1. The number of rotatable bonds is 5. The zero-order chi connectivity index (χ0) is 13.5. The number of benzene rings is 1. The van der Waals surface area contributed by atoms with Crippen LogP contribution in [0.25, 0.3) is 0 Å². The van der Waals surface area contributed by atoms with Gasteiger partial charge in [0.1, 0.15) is 11.6 Å². The Morgan fingerprint density at radius 2 is 2.28 bits per heavy atom. The van der Waals surface area contributed by atoms with Gasteiger partial charge in [0, 0.05) is 11.8 Å². The number of methoxy groups -OCH3 is 1. The van der Waals surface area contributed by atoms with E-state index in [4.69, 9.17) is 15.9 Å². The number of nitrogens with two attached hydrogens (primary N) is 1. The molecule has 1 unspecified atom stereocenters. The molecule has 0 spiro atoms. The molecular weight excluding hydrogens is 232 g/mol. The van der Waals surface area contributed by atoms with E-state index in [0.29, 0.717) is 17.9 Å². The standard InChI is InChI=1S/C12H18N4O2/c1-3-10(11(13)14)16-12(17)15-8-5-4-6-9(7-8)18-2/h4-7,10H,3H2,1-2H3,(H3,13,14)(H2,15,16,17). The van der Waals surface area contributed by atoms with Gasteiger partial charge in [-0.1, -0.05) is 13.0 Å². The molecule has 1 aromatic carbocycles. The van der Waals surface area contributed by atoms with Crippen LogP contribution in [0.4, 0.5) is 10.5 Å². The van der Waals surface area contributed by atoms with Gasteiger partial charge in [-0.3, -0.25) is 5.41 Å². The molecular formula is C12H18N4O2. The maximum absolute atomic E-state index is 11.7. The first-order valence-corrected chi connectivity index (χ1v) is 5.62. The first-order valence-electron chi connectivity index (χ1n) is 5.62. The summed E-state index contributed by atoms with van der Waals surface area (Å²) in [4.78, 5) is 11.7. The zero-order valence-electron chi connectivity index (χ0n) is 10.5. The van der Waals surface area contributed by atoms with Crippen LogP contribution in [0.3, 0.4) is 0 Å². The SMILES string of the molecule is CCC(NC(=O)Nc1cccc(OC)c1)C(=N)N. The van der Waals surface area contributed by atoms with Crippen molar-refractivity contribution in [2.75, 3.05) is 12.4 Å². The number of amides is 2.